The largest absolute Gasteiger partial charge is 0.378 e. The summed E-state index contributed by atoms with van der Waals surface area (Å²) in [5.74, 6) is 1.04. The number of fused-ring (bicyclic) bond motifs is 1. The Morgan fingerprint density at radius 2 is 1.92 bits per heavy atom. The predicted octanol–water partition coefficient (Wildman–Crippen LogP) is 2.80. The summed E-state index contributed by atoms with van der Waals surface area (Å²) in [7, 11) is 0. The summed E-state index contributed by atoms with van der Waals surface area (Å²) in [4.78, 5) is 14.7. The number of ether oxygens (including phenoxy) is 2. The molecule has 0 spiro atoms. The van der Waals surface area contributed by atoms with E-state index in [1.807, 2.05) is 30.3 Å². The first-order valence-electron chi connectivity index (χ1n) is 9.36. The zero-order chi connectivity index (χ0) is 16.4. The molecule has 1 aliphatic carbocycles. The molecule has 1 aromatic carbocycles. The highest BCUT2D eigenvalue weighted by molar-refractivity contribution is 5.79. The number of likely N-dealkylation sites (tertiary alicyclic amines) is 1. The van der Waals surface area contributed by atoms with Crippen molar-refractivity contribution in [1.29, 1.82) is 0 Å². The van der Waals surface area contributed by atoms with E-state index < -0.39 is 0 Å². The van der Waals surface area contributed by atoms with E-state index in [0.717, 1.165) is 50.5 Å². The van der Waals surface area contributed by atoms with Gasteiger partial charge in [0.2, 0.25) is 5.91 Å². The van der Waals surface area contributed by atoms with Gasteiger partial charge in [0.05, 0.1) is 31.3 Å². The Balaban J connectivity index is 1.27. The second-order valence-corrected chi connectivity index (χ2v) is 7.46. The highest BCUT2D eigenvalue weighted by atomic mass is 16.5. The fourth-order valence-electron chi connectivity index (χ4n) is 3.95. The summed E-state index contributed by atoms with van der Waals surface area (Å²) in [6.07, 6.45) is 6.58. The predicted molar refractivity (Wildman–Crippen MR) is 91.7 cm³/mol. The van der Waals surface area contributed by atoms with Crippen LogP contribution < -0.4 is 0 Å². The molecule has 1 saturated carbocycles. The monoisotopic (exact) mass is 329 g/mol. The van der Waals surface area contributed by atoms with Crippen LogP contribution in [0.15, 0.2) is 30.3 Å². The maximum atomic E-state index is 12.7. The number of benzene rings is 1. The molecule has 3 aliphatic rings. The Labute approximate surface area is 144 Å². The highest BCUT2D eigenvalue weighted by Crippen LogP contribution is 2.33. The Morgan fingerprint density at radius 1 is 1.08 bits per heavy atom. The van der Waals surface area contributed by atoms with Crippen molar-refractivity contribution in [3.63, 3.8) is 0 Å². The Morgan fingerprint density at radius 3 is 2.71 bits per heavy atom. The second-order valence-electron chi connectivity index (χ2n) is 7.46. The van der Waals surface area contributed by atoms with E-state index in [-0.39, 0.29) is 24.2 Å². The average Bonchev–Trinajstić information content (AvgIpc) is 3.32. The molecule has 130 valence electrons. The van der Waals surface area contributed by atoms with Gasteiger partial charge in [0.1, 0.15) is 0 Å². The SMILES string of the molecule is O=C(Cc1ccccc1)N1CC[C@@H]2OC(COCC3CC3)CC[C@@H]21. The van der Waals surface area contributed by atoms with Crippen molar-refractivity contribution < 1.29 is 14.3 Å². The first-order valence-corrected chi connectivity index (χ1v) is 9.36. The Kier molecular flexibility index (Phi) is 4.86. The van der Waals surface area contributed by atoms with Gasteiger partial charge in [-0.3, -0.25) is 4.79 Å². The normalized spacial score (nSPS) is 29.5. The van der Waals surface area contributed by atoms with E-state index in [9.17, 15) is 4.79 Å². The molecular formula is C20H27NO3. The van der Waals surface area contributed by atoms with Crippen LogP contribution in [0, 0.1) is 5.92 Å². The van der Waals surface area contributed by atoms with Crippen LogP contribution in [0.4, 0.5) is 0 Å². The second kappa shape index (κ2) is 7.24. The molecular weight excluding hydrogens is 302 g/mol. The van der Waals surface area contributed by atoms with Gasteiger partial charge in [0, 0.05) is 13.2 Å². The smallest absolute Gasteiger partial charge is 0.227 e. The third-order valence-electron chi connectivity index (χ3n) is 5.51. The van der Waals surface area contributed by atoms with E-state index >= 15 is 0 Å². The standard InChI is InChI=1S/C20H27NO3/c22-20(12-15-4-2-1-3-5-15)21-11-10-19-18(21)9-8-17(24-19)14-23-13-16-6-7-16/h1-5,16-19H,6-14H2/t17?,18-,19-/m0/s1. The maximum Gasteiger partial charge on any atom is 0.227 e. The van der Waals surface area contributed by atoms with Crippen LogP contribution in [0.5, 0.6) is 0 Å². The van der Waals surface area contributed by atoms with E-state index in [1.54, 1.807) is 0 Å². The summed E-state index contributed by atoms with van der Waals surface area (Å²) in [6, 6.07) is 10.3. The third kappa shape index (κ3) is 3.81. The van der Waals surface area contributed by atoms with E-state index in [2.05, 4.69) is 4.90 Å². The molecule has 0 radical (unpaired) electrons. The van der Waals surface area contributed by atoms with E-state index in [4.69, 9.17) is 9.47 Å². The van der Waals surface area contributed by atoms with Crippen LogP contribution in [0.1, 0.15) is 37.7 Å². The number of hydrogen-bond acceptors (Lipinski definition) is 3. The summed E-state index contributed by atoms with van der Waals surface area (Å²) < 4.78 is 12.0. The lowest BCUT2D eigenvalue weighted by Crippen LogP contribution is -2.46. The van der Waals surface area contributed by atoms with E-state index in [0.29, 0.717) is 6.42 Å². The van der Waals surface area contributed by atoms with Gasteiger partial charge in [-0.2, -0.15) is 0 Å². The Hall–Kier alpha value is -1.39. The minimum Gasteiger partial charge on any atom is -0.378 e. The van der Waals surface area contributed by atoms with Crippen molar-refractivity contribution in [2.75, 3.05) is 19.8 Å². The zero-order valence-corrected chi connectivity index (χ0v) is 14.2. The van der Waals surface area contributed by atoms with Crippen molar-refractivity contribution in [1.82, 2.24) is 4.90 Å². The van der Waals surface area contributed by atoms with Gasteiger partial charge in [-0.05, 0) is 43.6 Å². The highest BCUT2D eigenvalue weighted by Gasteiger charge is 2.41. The first-order chi connectivity index (χ1) is 11.8. The third-order valence-corrected chi connectivity index (χ3v) is 5.51. The molecule has 0 bridgehead atoms. The number of rotatable bonds is 6. The lowest BCUT2D eigenvalue weighted by molar-refractivity contribution is -0.138. The molecule has 4 nitrogen and oxygen atoms in total. The summed E-state index contributed by atoms with van der Waals surface area (Å²) in [5.41, 5.74) is 1.09. The van der Waals surface area contributed by atoms with Crippen molar-refractivity contribution in [2.45, 2.75) is 56.8 Å². The van der Waals surface area contributed by atoms with Crippen molar-refractivity contribution in [3.8, 4) is 0 Å². The fraction of sp³-hybridized carbons (Fsp3) is 0.650. The molecule has 1 amide bonds. The maximum absolute atomic E-state index is 12.7. The topological polar surface area (TPSA) is 38.8 Å². The fourth-order valence-corrected chi connectivity index (χ4v) is 3.95. The van der Waals surface area contributed by atoms with Gasteiger partial charge in [0.25, 0.3) is 0 Å². The van der Waals surface area contributed by atoms with Crippen LogP contribution in [-0.4, -0.2) is 48.8 Å². The van der Waals surface area contributed by atoms with Gasteiger partial charge < -0.3 is 14.4 Å². The van der Waals surface area contributed by atoms with Gasteiger partial charge in [-0.15, -0.1) is 0 Å². The quantitative estimate of drug-likeness (QED) is 0.805. The van der Waals surface area contributed by atoms with Gasteiger partial charge in [-0.25, -0.2) is 0 Å². The molecule has 24 heavy (non-hydrogen) atoms. The number of carbonyl (C=O) groups is 1. The van der Waals surface area contributed by atoms with Crippen molar-refractivity contribution in [2.24, 2.45) is 5.92 Å². The van der Waals surface area contributed by atoms with Gasteiger partial charge >= 0.3 is 0 Å². The lowest BCUT2D eigenvalue weighted by Gasteiger charge is -2.36. The first kappa shape index (κ1) is 16.1. The molecule has 2 heterocycles. The number of amides is 1. The van der Waals surface area contributed by atoms with Crippen LogP contribution in [0.25, 0.3) is 0 Å². The summed E-state index contributed by atoms with van der Waals surface area (Å²) >= 11 is 0. The number of nitrogens with zero attached hydrogens (tertiary/aromatic N) is 1. The molecule has 1 unspecified atom stereocenters. The molecule has 2 saturated heterocycles. The molecule has 3 atom stereocenters. The number of hydrogen-bond donors (Lipinski definition) is 0. The van der Waals surface area contributed by atoms with Crippen LogP contribution in [-0.2, 0) is 20.7 Å². The van der Waals surface area contributed by atoms with Crippen LogP contribution >= 0.6 is 0 Å². The molecule has 0 N–H and O–H groups in total. The minimum absolute atomic E-state index is 0.202. The lowest BCUT2D eigenvalue weighted by atomic mass is 9.99. The Bertz CT molecular complexity index is 557. The molecule has 3 fully saturated rings. The molecule has 4 rings (SSSR count). The van der Waals surface area contributed by atoms with Gasteiger partial charge in [-0.1, -0.05) is 30.3 Å². The van der Waals surface area contributed by atoms with Crippen molar-refractivity contribution in [3.05, 3.63) is 35.9 Å². The van der Waals surface area contributed by atoms with Crippen molar-refractivity contribution >= 4 is 5.91 Å². The minimum atomic E-state index is 0.202. The van der Waals surface area contributed by atoms with Gasteiger partial charge in [0.15, 0.2) is 0 Å². The molecule has 0 aromatic heterocycles. The molecule has 2 aliphatic heterocycles. The molecule has 1 aromatic rings. The van der Waals surface area contributed by atoms with Crippen LogP contribution in [0.2, 0.25) is 0 Å². The summed E-state index contributed by atoms with van der Waals surface area (Å²) in [5, 5.41) is 0. The summed E-state index contributed by atoms with van der Waals surface area (Å²) in [6.45, 7) is 2.45. The zero-order valence-electron chi connectivity index (χ0n) is 14.2. The van der Waals surface area contributed by atoms with Crippen LogP contribution in [0.3, 0.4) is 0 Å². The number of carbonyl (C=O) groups excluding carboxylic acids is 1. The average molecular weight is 329 g/mol. The van der Waals surface area contributed by atoms with E-state index in [1.165, 1.54) is 12.8 Å². The molecule has 4 heteroatoms.